The van der Waals surface area contributed by atoms with Gasteiger partial charge in [0.2, 0.25) is 0 Å². The summed E-state index contributed by atoms with van der Waals surface area (Å²) >= 11 is 0. The number of hydrogen-bond acceptors (Lipinski definition) is 5. The fourth-order valence-electron chi connectivity index (χ4n) is 2.85. The lowest BCUT2D eigenvalue weighted by molar-refractivity contribution is 0.0942. The van der Waals surface area contributed by atoms with Gasteiger partial charge in [0.1, 0.15) is 12.0 Å². The molecule has 0 unspecified atom stereocenters. The highest BCUT2D eigenvalue weighted by molar-refractivity contribution is 5.99. The van der Waals surface area contributed by atoms with E-state index in [1.807, 2.05) is 42.5 Å². The first-order chi connectivity index (χ1) is 13.6. The lowest BCUT2D eigenvalue weighted by atomic mass is 10.1. The van der Waals surface area contributed by atoms with Gasteiger partial charge in [-0.3, -0.25) is 19.0 Å². The molecule has 8 heteroatoms. The largest absolute Gasteiger partial charge is 0.364 e. The average molecular weight is 372 g/mol. The Morgan fingerprint density at radius 1 is 1.07 bits per heavy atom. The normalized spacial score (nSPS) is 10.7. The molecule has 138 valence electrons. The van der Waals surface area contributed by atoms with Crippen LogP contribution in [0.2, 0.25) is 0 Å². The molecule has 0 saturated carbocycles. The van der Waals surface area contributed by atoms with Crippen molar-refractivity contribution in [2.45, 2.75) is 6.54 Å². The molecule has 0 aliphatic heterocycles. The van der Waals surface area contributed by atoms with Gasteiger partial charge in [0.05, 0.1) is 5.69 Å². The smallest absolute Gasteiger partial charge is 0.271 e. The monoisotopic (exact) mass is 372 g/mol. The fourth-order valence-corrected chi connectivity index (χ4v) is 2.85. The Morgan fingerprint density at radius 2 is 1.82 bits per heavy atom. The minimum Gasteiger partial charge on any atom is -0.364 e. The lowest BCUT2D eigenvalue weighted by Crippen LogP contribution is -2.25. The van der Waals surface area contributed by atoms with E-state index in [2.05, 4.69) is 20.3 Å². The third-order valence-corrected chi connectivity index (χ3v) is 4.24. The molecule has 2 amide bonds. The molecule has 0 bridgehead atoms. The zero-order chi connectivity index (χ0) is 19.5. The fraction of sp³-hybridized carbons (Fsp3) is 0.0500. The van der Waals surface area contributed by atoms with E-state index in [1.165, 1.54) is 10.7 Å². The summed E-state index contributed by atoms with van der Waals surface area (Å²) in [5, 5.41) is 2.87. The van der Waals surface area contributed by atoms with Gasteiger partial charge in [0.15, 0.2) is 11.3 Å². The highest BCUT2D eigenvalue weighted by Gasteiger charge is 2.19. The summed E-state index contributed by atoms with van der Waals surface area (Å²) in [4.78, 5) is 37.1. The molecule has 3 aromatic heterocycles. The van der Waals surface area contributed by atoms with Crippen LogP contribution >= 0.6 is 0 Å². The molecule has 1 aromatic carbocycles. The molecule has 0 saturated heterocycles. The molecule has 28 heavy (non-hydrogen) atoms. The van der Waals surface area contributed by atoms with Gasteiger partial charge in [-0.2, -0.15) is 0 Å². The summed E-state index contributed by atoms with van der Waals surface area (Å²) in [5.74, 6) is -1.03. The summed E-state index contributed by atoms with van der Waals surface area (Å²) in [5.41, 5.74) is 8.24. The first-order valence-corrected chi connectivity index (χ1v) is 8.54. The van der Waals surface area contributed by atoms with Crippen molar-refractivity contribution in [3.8, 4) is 11.3 Å². The molecule has 3 N–H and O–H groups in total. The molecule has 0 radical (unpaired) electrons. The SMILES string of the molecule is NC(=O)c1ncn2c(C(=O)NCc3ccncc3)cc(-c3ccccc3)nc12. The maximum atomic E-state index is 12.9. The molecule has 0 aliphatic carbocycles. The Balaban J connectivity index is 1.77. The van der Waals surface area contributed by atoms with Crippen LogP contribution in [0.25, 0.3) is 16.9 Å². The number of carbonyl (C=O) groups excluding carboxylic acids is 2. The molecule has 0 spiro atoms. The van der Waals surface area contributed by atoms with Gasteiger partial charge in [0, 0.05) is 24.5 Å². The predicted octanol–water partition coefficient (Wildman–Crippen LogP) is 1.82. The van der Waals surface area contributed by atoms with Crippen LogP contribution in [-0.2, 0) is 6.54 Å². The Kier molecular flexibility index (Phi) is 4.51. The number of primary amides is 1. The maximum Gasteiger partial charge on any atom is 0.271 e. The quantitative estimate of drug-likeness (QED) is 0.554. The summed E-state index contributed by atoms with van der Waals surface area (Å²) in [6.07, 6.45) is 4.70. The van der Waals surface area contributed by atoms with Crippen LogP contribution in [0.3, 0.4) is 0 Å². The number of fused-ring (bicyclic) bond motifs is 1. The van der Waals surface area contributed by atoms with Crippen LogP contribution in [-0.4, -0.2) is 31.2 Å². The average Bonchev–Trinajstić information content (AvgIpc) is 3.17. The van der Waals surface area contributed by atoms with E-state index < -0.39 is 5.91 Å². The summed E-state index contributed by atoms with van der Waals surface area (Å²) < 4.78 is 1.47. The van der Waals surface area contributed by atoms with Gasteiger partial charge in [-0.25, -0.2) is 9.97 Å². The van der Waals surface area contributed by atoms with Crippen molar-refractivity contribution in [1.82, 2.24) is 24.7 Å². The Morgan fingerprint density at radius 3 is 2.54 bits per heavy atom. The van der Waals surface area contributed by atoms with Crippen molar-refractivity contribution in [3.05, 3.63) is 84.2 Å². The Bertz CT molecular complexity index is 1160. The predicted molar refractivity (Wildman–Crippen MR) is 102 cm³/mol. The van der Waals surface area contributed by atoms with Crippen LogP contribution < -0.4 is 11.1 Å². The van der Waals surface area contributed by atoms with Gasteiger partial charge in [-0.1, -0.05) is 30.3 Å². The van der Waals surface area contributed by atoms with Crippen LogP contribution in [0.4, 0.5) is 0 Å². The van der Waals surface area contributed by atoms with Gasteiger partial charge < -0.3 is 11.1 Å². The number of amides is 2. The van der Waals surface area contributed by atoms with Gasteiger partial charge in [0.25, 0.3) is 11.8 Å². The van der Waals surface area contributed by atoms with Gasteiger partial charge >= 0.3 is 0 Å². The number of pyridine rings is 1. The standard InChI is InChI=1S/C20H16N6O2/c21-18(27)17-19-25-15(14-4-2-1-3-5-14)10-16(26(19)12-24-17)20(28)23-11-13-6-8-22-9-7-13/h1-10,12H,11H2,(H2,21,27)(H,23,28). The molecule has 4 aromatic rings. The number of hydrogen-bond donors (Lipinski definition) is 2. The van der Waals surface area contributed by atoms with E-state index in [4.69, 9.17) is 5.73 Å². The molecule has 0 aliphatic rings. The van der Waals surface area contributed by atoms with Crippen molar-refractivity contribution < 1.29 is 9.59 Å². The lowest BCUT2D eigenvalue weighted by Gasteiger charge is -2.10. The maximum absolute atomic E-state index is 12.9. The first kappa shape index (κ1) is 17.3. The number of rotatable bonds is 5. The van der Waals surface area contributed by atoms with Gasteiger partial charge in [-0.15, -0.1) is 0 Å². The number of imidazole rings is 1. The third-order valence-electron chi connectivity index (χ3n) is 4.24. The van der Waals surface area contributed by atoms with Crippen LogP contribution in [0.1, 0.15) is 26.5 Å². The summed E-state index contributed by atoms with van der Waals surface area (Å²) in [6.45, 7) is 0.337. The molecule has 8 nitrogen and oxygen atoms in total. The van der Waals surface area contributed by atoms with Crippen molar-refractivity contribution in [1.29, 1.82) is 0 Å². The van der Waals surface area contributed by atoms with Crippen LogP contribution in [0.15, 0.2) is 67.3 Å². The zero-order valence-electron chi connectivity index (χ0n) is 14.7. The summed E-state index contributed by atoms with van der Waals surface area (Å²) in [7, 11) is 0. The van der Waals surface area contributed by atoms with E-state index in [1.54, 1.807) is 18.5 Å². The number of nitrogens with two attached hydrogens (primary N) is 1. The van der Waals surface area contributed by atoms with Crippen molar-refractivity contribution in [2.24, 2.45) is 5.73 Å². The van der Waals surface area contributed by atoms with Crippen molar-refractivity contribution in [3.63, 3.8) is 0 Å². The second-order valence-corrected chi connectivity index (χ2v) is 6.08. The third kappa shape index (κ3) is 3.30. The van der Waals surface area contributed by atoms with E-state index in [9.17, 15) is 9.59 Å². The van der Waals surface area contributed by atoms with Crippen molar-refractivity contribution >= 4 is 17.5 Å². The zero-order valence-corrected chi connectivity index (χ0v) is 14.7. The van der Waals surface area contributed by atoms with Crippen LogP contribution in [0.5, 0.6) is 0 Å². The highest BCUT2D eigenvalue weighted by Crippen LogP contribution is 2.21. The second-order valence-electron chi connectivity index (χ2n) is 6.08. The second kappa shape index (κ2) is 7.28. The molecule has 0 atom stereocenters. The Labute approximate surface area is 160 Å². The van der Waals surface area contributed by atoms with E-state index >= 15 is 0 Å². The minimum atomic E-state index is -0.705. The van der Waals surface area contributed by atoms with Crippen molar-refractivity contribution in [2.75, 3.05) is 0 Å². The Hall–Kier alpha value is -4.07. The molecular weight excluding hydrogens is 356 g/mol. The summed E-state index contributed by atoms with van der Waals surface area (Å²) in [6, 6.07) is 14.7. The number of benzene rings is 1. The van der Waals surface area contributed by atoms with Crippen LogP contribution in [0, 0.1) is 0 Å². The van der Waals surface area contributed by atoms with E-state index in [-0.39, 0.29) is 17.2 Å². The number of nitrogens with one attached hydrogen (secondary N) is 1. The van der Waals surface area contributed by atoms with Gasteiger partial charge in [-0.05, 0) is 23.8 Å². The number of nitrogens with zero attached hydrogens (tertiary/aromatic N) is 4. The molecule has 3 heterocycles. The molecule has 0 fully saturated rings. The van der Waals surface area contributed by atoms with E-state index in [0.29, 0.717) is 17.9 Å². The first-order valence-electron chi connectivity index (χ1n) is 8.54. The number of aromatic nitrogens is 4. The molecular formula is C20H16N6O2. The topological polar surface area (TPSA) is 115 Å². The molecule has 4 rings (SSSR count). The highest BCUT2D eigenvalue weighted by atomic mass is 16.2. The number of carbonyl (C=O) groups is 2. The van der Waals surface area contributed by atoms with E-state index in [0.717, 1.165) is 11.1 Å². The minimum absolute atomic E-state index is 0.0148.